The van der Waals surface area contributed by atoms with Gasteiger partial charge >= 0.3 is 0 Å². The minimum absolute atomic E-state index is 0.0214. The summed E-state index contributed by atoms with van der Waals surface area (Å²) in [5.74, 6) is -1.64. The van der Waals surface area contributed by atoms with Gasteiger partial charge in [-0.05, 0) is 61.4 Å². The second-order valence-corrected chi connectivity index (χ2v) is 10.1. The molecule has 0 aromatic heterocycles. The first-order valence-corrected chi connectivity index (χ1v) is 12.2. The molecule has 1 heterocycles. The van der Waals surface area contributed by atoms with Crippen LogP contribution in [-0.2, 0) is 29.2 Å². The molecule has 2 aromatic rings. The van der Waals surface area contributed by atoms with Gasteiger partial charge in [-0.15, -0.1) is 0 Å². The molecule has 1 aliphatic carbocycles. The van der Waals surface area contributed by atoms with Crippen LogP contribution in [0.3, 0.4) is 0 Å². The second-order valence-electron chi connectivity index (χ2n) is 8.29. The van der Waals surface area contributed by atoms with E-state index in [1.165, 1.54) is 50.2 Å². The third kappa shape index (κ3) is 4.70. The summed E-state index contributed by atoms with van der Waals surface area (Å²) in [7, 11) is -4.08. The number of benzene rings is 2. The highest BCUT2D eigenvalue weighted by Crippen LogP contribution is 2.38. The molecule has 11 heteroatoms. The Balaban J connectivity index is 1.60. The summed E-state index contributed by atoms with van der Waals surface area (Å²) in [6, 6.07) is 10.4. The summed E-state index contributed by atoms with van der Waals surface area (Å²) in [5, 5.41) is 5.19. The molecule has 0 radical (unpaired) electrons. The highest BCUT2D eigenvalue weighted by molar-refractivity contribution is 7.89. The Morgan fingerprint density at radius 3 is 1.85 bits per heavy atom. The molecule has 4 amide bonds. The van der Waals surface area contributed by atoms with Gasteiger partial charge in [0, 0.05) is 31.3 Å². The molecule has 2 fully saturated rings. The van der Waals surface area contributed by atoms with E-state index in [1.807, 2.05) is 0 Å². The number of rotatable bonds is 7. The standard InChI is InChI=1S/C23H24N4O6S/c1-14(28)24-16-3-7-18(8-4-16)26-22(30)13-21(23(26)31)27(19-9-10-19)34(32,33)20-11-5-17(6-12-20)25-15(2)29/h3-8,11-12,19,21H,9-10,13H2,1-2H3,(H,24,28)(H,25,29). The normalized spacial score (nSPS) is 18.3. The number of hydrogen-bond acceptors (Lipinski definition) is 6. The van der Waals surface area contributed by atoms with E-state index in [0.29, 0.717) is 29.9 Å². The van der Waals surface area contributed by atoms with E-state index in [0.717, 1.165) is 9.21 Å². The fourth-order valence-corrected chi connectivity index (χ4v) is 5.79. The van der Waals surface area contributed by atoms with Gasteiger partial charge in [-0.1, -0.05) is 0 Å². The van der Waals surface area contributed by atoms with Gasteiger partial charge in [-0.25, -0.2) is 13.3 Å². The van der Waals surface area contributed by atoms with Crippen molar-refractivity contribution >= 4 is 50.7 Å². The third-order valence-electron chi connectivity index (χ3n) is 5.53. The lowest BCUT2D eigenvalue weighted by Crippen LogP contribution is -2.46. The molecular weight excluding hydrogens is 460 g/mol. The SMILES string of the molecule is CC(=O)Nc1ccc(N2C(=O)CC(N(C3CC3)S(=O)(=O)c3ccc(NC(C)=O)cc3)C2=O)cc1. The number of carbonyl (C=O) groups excluding carboxylic acids is 4. The first-order valence-electron chi connectivity index (χ1n) is 10.7. The highest BCUT2D eigenvalue weighted by atomic mass is 32.2. The van der Waals surface area contributed by atoms with Crippen LogP contribution in [0.5, 0.6) is 0 Å². The van der Waals surface area contributed by atoms with Crippen molar-refractivity contribution in [1.82, 2.24) is 4.31 Å². The quantitative estimate of drug-likeness (QED) is 0.578. The number of nitrogens with one attached hydrogen (secondary N) is 2. The predicted molar refractivity (Wildman–Crippen MR) is 124 cm³/mol. The van der Waals surface area contributed by atoms with Crippen LogP contribution in [0.2, 0.25) is 0 Å². The number of nitrogens with zero attached hydrogens (tertiary/aromatic N) is 2. The predicted octanol–water partition coefficient (Wildman–Crippen LogP) is 2.09. The fraction of sp³-hybridized carbons (Fsp3) is 0.304. The molecule has 4 rings (SSSR count). The van der Waals surface area contributed by atoms with Crippen molar-refractivity contribution in [2.24, 2.45) is 0 Å². The third-order valence-corrected chi connectivity index (χ3v) is 7.51. The Labute approximate surface area is 197 Å². The zero-order chi connectivity index (χ0) is 24.6. The maximum absolute atomic E-state index is 13.5. The van der Waals surface area contributed by atoms with Crippen LogP contribution in [0.4, 0.5) is 17.1 Å². The van der Waals surface area contributed by atoms with Crippen LogP contribution in [0, 0.1) is 0 Å². The lowest BCUT2D eigenvalue weighted by Gasteiger charge is -2.27. The van der Waals surface area contributed by atoms with Crippen molar-refractivity contribution in [3.05, 3.63) is 48.5 Å². The summed E-state index contributed by atoms with van der Waals surface area (Å²) in [6.07, 6.45) is 0.950. The van der Waals surface area contributed by atoms with Crippen molar-refractivity contribution in [2.75, 3.05) is 15.5 Å². The van der Waals surface area contributed by atoms with Crippen LogP contribution in [0.25, 0.3) is 0 Å². The van der Waals surface area contributed by atoms with E-state index >= 15 is 0 Å². The molecule has 34 heavy (non-hydrogen) atoms. The summed E-state index contributed by atoms with van der Waals surface area (Å²) in [6.45, 7) is 2.72. The molecule has 1 atom stereocenters. The molecule has 2 aromatic carbocycles. The van der Waals surface area contributed by atoms with Gasteiger partial charge < -0.3 is 10.6 Å². The number of amides is 4. The molecule has 1 unspecified atom stereocenters. The molecule has 0 bridgehead atoms. The maximum Gasteiger partial charge on any atom is 0.252 e. The smallest absolute Gasteiger partial charge is 0.252 e. The molecule has 2 N–H and O–H groups in total. The van der Waals surface area contributed by atoms with Crippen molar-refractivity contribution in [3.8, 4) is 0 Å². The zero-order valence-electron chi connectivity index (χ0n) is 18.6. The van der Waals surface area contributed by atoms with Crippen molar-refractivity contribution in [2.45, 2.75) is 50.1 Å². The van der Waals surface area contributed by atoms with E-state index in [9.17, 15) is 27.6 Å². The molecule has 0 spiro atoms. The van der Waals surface area contributed by atoms with Crippen molar-refractivity contribution in [3.63, 3.8) is 0 Å². The molecule has 1 saturated carbocycles. The summed E-state index contributed by atoms with van der Waals surface area (Å²) < 4.78 is 28.1. The van der Waals surface area contributed by atoms with E-state index in [4.69, 9.17) is 0 Å². The van der Waals surface area contributed by atoms with Gasteiger partial charge in [-0.3, -0.25) is 19.2 Å². The topological polar surface area (TPSA) is 133 Å². The van der Waals surface area contributed by atoms with E-state index < -0.39 is 27.9 Å². The maximum atomic E-state index is 13.5. The van der Waals surface area contributed by atoms with E-state index in [1.54, 1.807) is 12.1 Å². The molecule has 178 valence electrons. The number of carbonyl (C=O) groups is 4. The molecule has 1 aliphatic heterocycles. The second kappa shape index (κ2) is 8.99. The van der Waals surface area contributed by atoms with Crippen molar-refractivity contribution < 1.29 is 27.6 Å². The Hall–Kier alpha value is -3.57. The van der Waals surface area contributed by atoms with Crippen LogP contribution in [0.1, 0.15) is 33.1 Å². The minimum atomic E-state index is -4.08. The summed E-state index contributed by atoms with van der Waals surface area (Å²) in [5.41, 5.74) is 1.27. The Morgan fingerprint density at radius 1 is 0.882 bits per heavy atom. The van der Waals surface area contributed by atoms with Crippen molar-refractivity contribution in [1.29, 1.82) is 0 Å². The van der Waals surface area contributed by atoms with Gasteiger partial charge in [0.05, 0.1) is 17.0 Å². The summed E-state index contributed by atoms with van der Waals surface area (Å²) >= 11 is 0. The molecule has 10 nitrogen and oxygen atoms in total. The largest absolute Gasteiger partial charge is 0.326 e. The van der Waals surface area contributed by atoms with E-state index in [2.05, 4.69) is 10.6 Å². The van der Waals surface area contributed by atoms with Gasteiger partial charge in [0.2, 0.25) is 27.7 Å². The van der Waals surface area contributed by atoms with Gasteiger partial charge in [0.15, 0.2) is 0 Å². The Morgan fingerprint density at radius 2 is 1.38 bits per heavy atom. The van der Waals surface area contributed by atoms with Gasteiger partial charge in [-0.2, -0.15) is 4.31 Å². The minimum Gasteiger partial charge on any atom is -0.326 e. The number of sulfonamides is 1. The van der Waals surface area contributed by atoms with E-state index in [-0.39, 0.29) is 29.2 Å². The van der Waals surface area contributed by atoms with Gasteiger partial charge in [0.25, 0.3) is 5.91 Å². The monoisotopic (exact) mass is 484 g/mol. The summed E-state index contributed by atoms with van der Waals surface area (Å²) in [4.78, 5) is 49.5. The Bertz CT molecular complexity index is 1250. The average Bonchev–Trinajstić information content (AvgIpc) is 3.54. The van der Waals surface area contributed by atoms with Gasteiger partial charge in [0.1, 0.15) is 6.04 Å². The van der Waals surface area contributed by atoms with Crippen LogP contribution < -0.4 is 15.5 Å². The number of hydrogen-bond donors (Lipinski definition) is 2. The van der Waals surface area contributed by atoms with Crippen LogP contribution in [0.15, 0.2) is 53.4 Å². The molecule has 1 saturated heterocycles. The van der Waals surface area contributed by atoms with Crippen LogP contribution >= 0.6 is 0 Å². The first kappa shape index (κ1) is 23.6. The average molecular weight is 485 g/mol. The lowest BCUT2D eigenvalue weighted by molar-refractivity contribution is -0.122. The number of imide groups is 1. The lowest BCUT2D eigenvalue weighted by atomic mass is 10.2. The fourth-order valence-electron chi connectivity index (χ4n) is 3.97. The first-order chi connectivity index (χ1) is 16.1. The zero-order valence-corrected chi connectivity index (χ0v) is 19.5. The Kier molecular flexibility index (Phi) is 6.24. The molecule has 2 aliphatic rings. The molecular formula is C23H24N4O6S. The number of anilines is 3. The highest BCUT2D eigenvalue weighted by Gasteiger charge is 2.51. The van der Waals surface area contributed by atoms with Crippen LogP contribution in [-0.4, -0.2) is 48.4 Å².